The molecular formula is C21H17FN4O4. The number of hydrogen-bond donors (Lipinski definition) is 3. The zero-order chi connectivity index (χ0) is 21.5. The number of primary amides is 1. The fraction of sp³-hybridized carbons (Fsp3) is 0.0476. The number of carbonyl (C=O) groups excluding carboxylic acids is 3. The molecule has 30 heavy (non-hydrogen) atoms. The van der Waals surface area contributed by atoms with E-state index >= 15 is 0 Å². The van der Waals surface area contributed by atoms with Gasteiger partial charge in [-0.25, -0.2) is 9.18 Å². The SMILES string of the molecule is NC(=O)c1cc(Oc2ccc(NC(=O)NC(=O)Cc3ccc(F)cc3)cc2)ccn1. The summed E-state index contributed by atoms with van der Waals surface area (Å²) in [5, 5.41) is 4.72. The number of hydrogen-bond acceptors (Lipinski definition) is 5. The molecule has 1 aromatic heterocycles. The highest BCUT2D eigenvalue weighted by molar-refractivity contribution is 6.01. The number of pyridine rings is 1. The number of nitrogens with one attached hydrogen (secondary N) is 2. The molecule has 0 aliphatic carbocycles. The molecule has 3 aromatic rings. The molecule has 0 saturated heterocycles. The number of anilines is 1. The Hall–Kier alpha value is -4.27. The maximum absolute atomic E-state index is 12.9. The van der Waals surface area contributed by atoms with Crippen LogP contribution in [0.15, 0.2) is 66.9 Å². The first-order chi connectivity index (χ1) is 14.4. The van der Waals surface area contributed by atoms with Gasteiger partial charge in [-0.2, -0.15) is 0 Å². The van der Waals surface area contributed by atoms with Crippen LogP contribution < -0.4 is 21.1 Å². The van der Waals surface area contributed by atoms with Crippen molar-refractivity contribution in [3.05, 3.63) is 83.9 Å². The lowest BCUT2D eigenvalue weighted by atomic mass is 10.1. The molecule has 1 heterocycles. The predicted molar refractivity (Wildman–Crippen MR) is 107 cm³/mol. The van der Waals surface area contributed by atoms with Gasteiger partial charge in [0.15, 0.2) is 0 Å². The number of nitrogens with two attached hydrogens (primary N) is 1. The standard InChI is InChI=1S/C21H17FN4O4/c22-14-3-1-13(2-4-14)11-19(27)26-21(29)25-15-5-7-16(8-6-15)30-17-9-10-24-18(12-17)20(23)28/h1-10,12H,11H2,(H2,23,28)(H2,25,26,27,29). The van der Waals surface area contributed by atoms with Gasteiger partial charge in [-0.1, -0.05) is 12.1 Å². The van der Waals surface area contributed by atoms with Gasteiger partial charge in [0.1, 0.15) is 23.0 Å². The summed E-state index contributed by atoms with van der Waals surface area (Å²) in [6.45, 7) is 0. The summed E-state index contributed by atoms with van der Waals surface area (Å²) in [4.78, 5) is 38.9. The molecule has 3 rings (SSSR count). The molecule has 0 atom stereocenters. The van der Waals surface area contributed by atoms with Gasteiger partial charge in [-0.3, -0.25) is 19.9 Å². The smallest absolute Gasteiger partial charge is 0.325 e. The van der Waals surface area contributed by atoms with Crippen LogP contribution in [0.5, 0.6) is 11.5 Å². The van der Waals surface area contributed by atoms with Crippen LogP contribution in [0.3, 0.4) is 0 Å². The van der Waals surface area contributed by atoms with Crippen LogP contribution >= 0.6 is 0 Å². The van der Waals surface area contributed by atoms with E-state index in [0.29, 0.717) is 22.7 Å². The van der Waals surface area contributed by atoms with E-state index in [9.17, 15) is 18.8 Å². The second kappa shape index (κ2) is 9.28. The topological polar surface area (TPSA) is 123 Å². The second-order valence-electron chi connectivity index (χ2n) is 6.17. The Morgan fingerprint density at radius 3 is 2.33 bits per heavy atom. The lowest BCUT2D eigenvalue weighted by molar-refractivity contribution is -0.119. The third-order valence-electron chi connectivity index (χ3n) is 3.86. The fourth-order valence-corrected chi connectivity index (χ4v) is 2.47. The van der Waals surface area contributed by atoms with Gasteiger partial charge >= 0.3 is 6.03 Å². The molecule has 4 amide bonds. The molecule has 9 heteroatoms. The van der Waals surface area contributed by atoms with E-state index in [1.54, 1.807) is 30.3 Å². The first kappa shape index (κ1) is 20.5. The van der Waals surface area contributed by atoms with Gasteiger partial charge in [-0.05, 0) is 48.0 Å². The van der Waals surface area contributed by atoms with Gasteiger partial charge in [0.2, 0.25) is 5.91 Å². The number of halogens is 1. The number of benzene rings is 2. The van der Waals surface area contributed by atoms with E-state index < -0.39 is 23.7 Å². The minimum absolute atomic E-state index is 0.0559. The summed E-state index contributed by atoms with van der Waals surface area (Å²) in [6.07, 6.45) is 1.35. The third-order valence-corrected chi connectivity index (χ3v) is 3.86. The fourth-order valence-electron chi connectivity index (χ4n) is 2.47. The molecule has 0 bridgehead atoms. The van der Waals surface area contributed by atoms with Crippen molar-refractivity contribution in [2.24, 2.45) is 5.73 Å². The van der Waals surface area contributed by atoms with Crippen LogP contribution in [0.2, 0.25) is 0 Å². The molecule has 0 aliphatic heterocycles. The highest BCUT2D eigenvalue weighted by Crippen LogP contribution is 2.23. The molecule has 4 N–H and O–H groups in total. The van der Waals surface area contributed by atoms with E-state index in [1.165, 1.54) is 36.5 Å². The molecule has 8 nitrogen and oxygen atoms in total. The minimum Gasteiger partial charge on any atom is -0.457 e. The van der Waals surface area contributed by atoms with Gasteiger partial charge < -0.3 is 15.8 Å². The zero-order valence-electron chi connectivity index (χ0n) is 15.6. The number of imide groups is 1. The lowest BCUT2D eigenvalue weighted by Crippen LogP contribution is -2.35. The van der Waals surface area contributed by atoms with Gasteiger partial charge in [-0.15, -0.1) is 0 Å². The average Bonchev–Trinajstić information content (AvgIpc) is 2.71. The van der Waals surface area contributed by atoms with Crippen molar-refractivity contribution in [3.63, 3.8) is 0 Å². The average molecular weight is 408 g/mol. The van der Waals surface area contributed by atoms with Crippen molar-refractivity contribution in [2.45, 2.75) is 6.42 Å². The first-order valence-corrected chi connectivity index (χ1v) is 8.78. The molecule has 2 aromatic carbocycles. The van der Waals surface area contributed by atoms with Crippen LogP contribution in [-0.2, 0) is 11.2 Å². The van der Waals surface area contributed by atoms with Crippen molar-refractivity contribution in [3.8, 4) is 11.5 Å². The number of nitrogens with zero attached hydrogens (tertiary/aromatic N) is 1. The van der Waals surface area contributed by atoms with Crippen molar-refractivity contribution in [1.29, 1.82) is 0 Å². The Kier molecular flexibility index (Phi) is 6.33. The van der Waals surface area contributed by atoms with Gasteiger partial charge in [0.25, 0.3) is 5.91 Å². The largest absolute Gasteiger partial charge is 0.457 e. The number of amides is 4. The molecule has 0 unspecified atom stereocenters. The highest BCUT2D eigenvalue weighted by atomic mass is 19.1. The van der Waals surface area contributed by atoms with Gasteiger partial charge in [0, 0.05) is 18.0 Å². The monoisotopic (exact) mass is 408 g/mol. The quantitative estimate of drug-likeness (QED) is 0.579. The molecule has 0 fully saturated rings. The van der Waals surface area contributed by atoms with E-state index in [0.717, 1.165) is 0 Å². The summed E-state index contributed by atoms with van der Waals surface area (Å²) >= 11 is 0. The van der Waals surface area contributed by atoms with Crippen LogP contribution in [0.25, 0.3) is 0 Å². The van der Waals surface area contributed by atoms with Crippen molar-refractivity contribution in [1.82, 2.24) is 10.3 Å². The Morgan fingerprint density at radius 2 is 1.67 bits per heavy atom. The Balaban J connectivity index is 1.52. The van der Waals surface area contributed by atoms with Crippen LogP contribution in [0, 0.1) is 5.82 Å². The molecule has 0 spiro atoms. The van der Waals surface area contributed by atoms with Crippen LogP contribution in [-0.4, -0.2) is 22.8 Å². The Morgan fingerprint density at radius 1 is 0.967 bits per heavy atom. The summed E-state index contributed by atoms with van der Waals surface area (Å²) < 4.78 is 18.5. The minimum atomic E-state index is -0.698. The van der Waals surface area contributed by atoms with E-state index in [1.807, 2.05) is 0 Å². The van der Waals surface area contributed by atoms with Gasteiger partial charge in [0.05, 0.1) is 6.42 Å². The maximum Gasteiger partial charge on any atom is 0.325 e. The Bertz CT molecular complexity index is 1070. The molecule has 0 aliphatic rings. The molecule has 0 radical (unpaired) electrons. The van der Waals surface area contributed by atoms with E-state index in [-0.39, 0.29) is 12.1 Å². The van der Waals surface area contributed by atoms with Crippen molar-refractivity contribution in [2.75, 3.05) is 5.32 Å². The second-order valence-corrected chi connectivity index (χ2v) is 6.17. The number of rotatable bonds is 6. The number of urea groups is 1. The normalized spacial score (nSPS) is 10.2. The van der Waals surface area contributed by atoms with E-state index in [2.05, 4.69) is 15.6 Å². The Labute approximate surface area is 170 Å². The first-order valence-electron chi connectivity index (χ1n) is 8.78. The van der Waals surface area contributed by atoms with E-state index in [4.69, 9.17) is 10.5 Å². The van der Waals surface area contributed by atoms with Crippen molar-refractivity contribution < 1.29 is 23.5 Å². The summed E-state index contributed by atoms with van der Waals surface area (Å²) in [6, 6.07) is 14.1. The summed E-state index contributed by atoms with van der Waals surface area (Å²) in [5.41, 5.74) is 6.27. The number of ether oxygens (including phenoxy) is 1. The molecule has 152 valence electrons. The summed E-state index contributed by atoms with van der Waals surface area (Å²) in [5.74, 6) is -0.762. The van der Waals surface area contributed by atoms with Crippen molar-refractivity contribution >= 4 is 23.5 Å². The predicted octanol–water partition coefficient (Wildman–Crippen LogP) is 3.00. The number of carbonyl (C=O) groups is 3. The molecule has 0 saturated carbocycles. The highest BCUT2D eigenvalue weighted by Gasteiger charge is 2.10. The molecular weight excluding hydrogens is 391 g/mol. The van der Waals surface area contributed by atoms with Crippen LogP contribution in [0.4, 0.5) is 14.9 Å². The third kappa shape index (κ3) is 5.86. The number of aromatic nitrogens is 1. The van der Waals surface area contributed by atoms with Crippen LogP contribution in [0.1, 0.15) is 16.1 Å². The zero-order valence-corrected chi connectivity index (χ0v) is 15.6. The lowest BCUT2D eigenvalue weighted by Gasteiger charge is -2.09. The maximum atomic E-state index is 12.9. The summed E-state index contributed by atoms with van der Waals surface area (Å²) in [7, 11) is 0.